The van der Waals surface area contributed by atoms with Crippen molar-refractivity contribution in [1.82, 2.24) is 0 Å². The number of amides is 1. The lowest BCUT2D eigenvalue weighted by atomic mass is 10.2. The van der Waals surface area contributed by atoms with E-state index in [-0.39, 0.29) is 23.8 Å². The van der Waals surface area contributed by atoms with Gasteiger partial charge in [-0.3, -0.25) is 4.79 Å². The Morgan fingerprint density at radius 3 is 2.58 bits per heavy atom. The third-order valence-electron chi connectivity index (χ3n) is 2.61. The smallest absolute Gasteiger partial charge is 0.224 e. The maximum Gasteiger partial charge on any atom is 0.224 e. The zero-order valence-electron chi connectivity index (χ0n) is 11.1. The number of rotatable bonds is 7. The number of hydrogen-bond donors (Lipinski definition) is 2. The Morgan fingerprint density at radius 1 is 1.26 bits per heavy atom. The van der Waals surface area contributed by atoms with Crippen molar-refractivity contribution < 1.29 is 13.2 Å². The molecule has 106 valence electrons. The van der Waals surface area contributed by atoms with Crippen molar-refractivity contribution in [2.24, 2.45) is 0 Å². The average Bonchev–Trinajstić information content (AvgIpc) is 2.31. The summed E-state index contributed by atoms with van der Waals surface area (Å²) < 4.78 is 22.9. The van der Waals surface area contributed by atoms with E-state index < -0.39 is 9.84 Å². The molecule has 3 N–H and O–H groups in total. The lowest BCUT2D eigenvalue weighted by molar-refractivity contribution is -0.116. The third-order valence-corrected chi connectivity index (χ3v) is 4.55. The third kappa shape index (κ3) is 5.74. The molecule has 0 atom stereocenters. The second kappa shape index (κ2) is 7.13. The van der Waals surface area contributed by atoms with Crippen LogP contribution in [0.25, 0.3) is 0 Å². The highest BCUT2D eigenvalue weighted by atomic mass is 32.2. The van der Waals surface area contributed by atoms with Crippen LogP contribution in [0.2, 0.25) is 0 Å². The molecule has 6 heteroatoms. The first kappa shape index (κ1) is 15.5. The van der Waals surface area contributed by atoms with Crippen molar-refractivity contribution in [2.75, 3.05) is 22.6 Å². The van der Waals surface area contributed by atoms with Crippen LogP contribution in [0.1, 0.15) is 26.2 Å². The van der Waals surface area contributed by atoms with Crippen LogP contribution in [0, 0.1) is 0 Å². The Bertz CT molecular complexity index is 526. The van der Waals surface area contributed by atoms with Gasteiger partial charge in [-0.2, -0.15) is 0 Å². The predicted molar refractivity (Wildman–Crippen MR) is 77.7 cm³/mol. The molecule has 0 heterocycles. The van der Waals surface area contributed by atoms with Gasteiger partial charge in [-0.1, -0.05) is 19.1 Å². The van der Waals surface area contributed by atoms with Crippen molar-refractivity contribution in [3.05, 3.63) is 24.3 Å². The molecule has 0 saturated heterocycles. The van der Waals surface area contributed by atoms with Gasteiger partial charge in [-0.05, 0) is 25.0 Å². The van der Waals surface area contributed by atoms with Crippen LogP contribution in [0.15, 0.2) is 24.3 Å². The number of nitrogen functional groups attached to an aromatic ring is 1. The van der Waals surface area contributed by atoms with Gasteiger partial charge in [-0.25, -0.2) is 8.42 Å². The number of sulfone groups is 1. The van der Waals surface area contributed by atoms with Crippen LogP contribution in [-0.2, 0) is 14.6 Å². The largest absolute Gasteiger partial charge is 0.397 e. The Hall–Kier alpha value is -1.56. The van der Waals surface area contributed by atoms with Crippen LogP contribution < -0.4 is 11.1 Å². The van der Waals surface area contributed by atoms with Gasteiger partial charge < -0.3 is 11.1 Å². The standard InChI is InChI=1S/C13H20N2O3S/c1-2-9-19(17,18)10-5-8-13(16)15-12-7-4-3-6-11(12)14/h3-4,6-7H,2,5,8-10,14H2,1H3,(H,15,16). The molecule has 0 aliphatic heterocycles. The molecule has 0 saturated carbocycles. The fraction of sp³-hybridized carbons (Fsp3) is 0.462. The summed E-state index contributed by atoms with van der Waals surface area (Å²) in [4.78, 5) is 11.6. The van der Waals surface area contributed by atoms with Crippen molar-refractivity contribution in [3.63, 3.8) is 0 Å². The Balaban J connectivity index is 2.39. The van der Waals surface area contributed by atoms with Gasteiger partial charge >= 0.3 is 0 Å². The number of nitrogens with one attached hydrogen (secondary N) is 1. The van der Waals surface area contributed by atoms with E-state index in [2.05, 4.69) is 5.32 Å². The molecule has 0 radical (unpaired) electrons. The molecule has 1 amide bonds. The Morgan fingerprint density at radius 2 is 1.95 bits per heavy atom. The van der Waals surface area contributed by atoms with Crippen molar-refractivity contribution >= 4 is 27.1 Å². The van der Waals surface area contributed by atoms with Crippen LogP contribution >= 0.6 is 0 Å². The number of carbonyl (C=O) groups is 1. The summed E-state index contributed by atoms with van der Waals surface area (Å²) in [5.74, 6) is 0.0169. The van der Waals surface area contributed by atoms with Crippen LogP contribution in [0.4, 0.5) is 11.4 Å². The zero-order valence-corrected chi connectivity index (χ0v) is 11.9. The highest BCUT2D eigenvalue weighted by molar-refractivity contribution is 7.91. The van der Waals surface area contributed by atoms with Crippen molar-refractivity contribution in [3.8, 4) is 0 Å². The van der Waals surface area contributed by atoms with Crippen LogP contribution in [0.3, 0.4) is 0 Å². The first-order valence-electron chi connectivity index (χ1n) is 6.29. The predicted octanol–water partition coefficient (Wildman–Crippen LogP) is 1.81. The summed E-state index contributed by atoms with van der Waals surface area (Å²) in [6.45, 7) is 1.82. The summed E-state index contributed by atoms with van der Waals surface area (Å²) in [5.41, 5.74) is 6.75. The number of nitrogens with two attached hydrogens (primary N) is 1. The Kier molecular flexibility index (Phi) is 5.82. The van der Waals surface area contributed by atoms with Crippen molar-refractivity contribution in [2.45, 2.75) is 26.2 Å². The van der Waals surface area contributed by atoms with E-state index in [1.54, 1.807) is 24.3 Å². The van der Waals surface area contributed by atoms with E-state index in [1.165, 1.54) is 0 Å². The van der Waals surface area contributed by atoms with E-state index in [1.807, 2.05) is 6.92 Å². The number of anilines is 2. The molecular weight excluding hydrogens is 264 g/mol. The zero-order chi connectivity index (χ0) is 14.3. The van der Waals surface area contributed by atoms with E-state index in [0.29, 0.717) is 24.2 Å². The fourth-order valence-corrected chi connectivity index (χ4v) is 3.10. The number of para-hydroxylation sites is 2. The van der Waals surface area contributed by atoms with Gasteiger partial charge in [-0.15, -0.1) is 0 Å². The maximum absolute atomic E-state index is 11.6. The molecule has 0 aliphatic rings. The number of hydrogen-bond acceptors (Lipinski definition) is 4. The summed E-state index contributed by atoms with van der Waals surface area (Å²) in [5, 5.41) is 2.67. The van der Waals surface area contributed by atoms with Gasteiger partial charge in [0, 0.05) is 12.2 Å². The maximum atomic E-state index is 11.6. The normalized spacial score (nSPS) is 11.2. The molecule has 5 nitrogen and oxygen atoms in total. The molecule has 1 aromatic rings. The molecular formula is C13H20N2O3S. The first-order valence-corrected chi connectivity index (χ1v) is 8.11. The van der Waals surface area contributed by atoms with Gasteiger partial charge in [0.25, 0.3) is 0 Å². The van der Waals surface area contributed by atoms with E-state index in [0.717, 1.165) is 0 Å². The van der Waals surface area contributed by atoms with Gasteiger partial charge in [0.2, 0.25) is 5.91 Å². The number of carbonyl (C=O) groups excluding carboxylic acids is 1. The van der Waals surface area contributed by atoms with Crippen molar-refractivity contribution in [1.29, 1.82) is 0 Å². The van der Waals surface area contributed by atoms with Gasteiger partial charge in [0.1, 0.15) is 9.84 Å². The van der Waals surface area contributed by atoms with Gasteiger partial charge in [0.05, 0.1) is 17.1 Å². The molecule has 1 rings (SSSR count). The summed E-state index contributed by atoms with van der Waals surface area (Å²) in [6, 6.07) is 6.96. The fourth-order valence-electron chi connectivity index (χ4n) is 1.69. The lowest BCUT2D eigenvalue weighted by Gasteiger charge is -2.07. The van der Waals surface area contributed by atoms with E-state index in [4.69, 9.17) is 5.73 Å². The van der Waals surface area contributed by atoms with Crippen LogP contribution in [0.5, 0.6) is 0 Å². The van der Waals surface area contributed by atoms with E-state index >= 15 is 0 Å². The molecule has 0 aliphatic carbocycles. The van der Waals surface area contributed by atoms with Crippen LogP contribution in [-0.4, -0.2) is 25.8 Å². The second-order valence-corrected chi connectivity index (χ2v) is 6.69. The minimum absolute atomic E-state index is 0.0541. The monoisotopic (exact) mass is 284 g/mol. The van der Waals surface area contributed by atoms with E-state index in [9.17, 15) is 13.2 Å². The molecule has 0 unspecified atom stereocenters. The minimum Gasteiger partial charge on any atom is -0.397 e. The Labute approximate surface area is 114 Å². The summed E-state index contributed by atoms with van der Waals surface area (Å²) in [6.07, 6.45) is 1.12. The summed E-state index contributed by atoms with van der Waals surface area (Å²) >= 11 is 0. The SMILES string of the molecule is CCCS(=O)(=O)CCCC(=O)Nc1ccccc1N. The summed E-state index contributed by atoms with van der Waals surface area (Å²) in [7, 11) is -3.01. The van der Waals surface area contributed by atoms with Gasteiger partial charge in [0.15, 0.2) is 0 Å². The minimum atomic E-state index is -3.01. The quantitative estimate of drug-likeness (QED) is 0.747. The highest BCUT2D eigenvalue weighted by Crippen LogP contribution is 2.17. The average molecular weight is 284 g/mol. The molecule has 0 spiro atoms. The topological polar surface area (TPSA) is 89.3 Å². The number of benzene rings is 1. The lowest BCUT2D eigenvalue weighted by Crippen LogP contribution is -2.16. The molecule has 0 aromatic heterocycles. The first-order chi connectivity index (χ1) is 8.94. The molecule has 0 fully saturated rings. The molecule has 0 bridgehead atoms. The second-order valence-electron chi connectivity index (χ2n) is 4.39. The molecule has 1 aromatic carbocycles. The highest BCUT2D eigenvalue weighted by Gasteiger charge is 2.11. The molecule has 19 heavy (non-hydrogen) atoms.